The second-order valence-corrected chi connectivity index (χ2v) is 5.35. The normalized spacial score (nSPS) is 14.0. The van der Waals surface area contributed by atoms with Crippen molar-refractivity contribution in [2.45, 2.75) is 6.61 Å². The number of amides is 1. The number of hydrogen-bond acceptors (Lipinski definition) is 3. The van der Waals surface area contributed by atoms with Gasteiger partial charge < -0.3 is 15.0 Å². The van der Waals surface area contributed by atoms with Crippen molar-refractivity contribution in [1.29, 1.82) is 0 Å². The molecule has 0 atom stereocenters. The number of benzene rings is 2. The van der Waals surface area contributed by atoms with Gasteiger partial charge in [0.15, 0.2) is 0 Å². The molecule has 4 nitrogen and oxygen atoms in total. The Kier molecular flexibility index (Phi) is 6.44. The second-order valence-electron chi connectivity index (χ2n) is 5.35. The zero-order chi connectivity index (χ0) is 15.2. The van der Waals surface area contributed by atoms with Crippen LogP contribution in [0.25, 0.3) is 11.1 Å². The summed E-state index contributed by atoms with van der Waals surface area (Å²) in [6.45, 7) is 3.41. The molecule has 1 amide bonds. The Morgan fingerprint density at radius 2 is 1.57 bits per heavy atom. The third kappa shape index (κ3) is 4.71. The highest BCUT2D eigenvalue weighted by molar-refractivity contribution is 5.85. The van der Waals surface area contributed by atoms with Crippen LogP contribution in [-0.4, -0.2) is 37.2 Å². The third-order valence-electron chi connectivity index (χ3n) is 3.80. The van der Waals surface area contributed by atoms with Gasteiger partial charge >= 0.3 is 6.09 Å². The first-order valence-electron chi connectivity index (χ1n) is 7.60. The Morgan fingerprint density at radius 3 is 2.22 bits per heavy atom. The van der Waals surface area contributed by atoms with E-state index in [0.29, 0.717) is 19.7 Å². The third-order valence-corrected chi connectivity index (χ3v) is 3.80. The highest BCUT2D eigenvalue weighted by Crippen LogP contribution is 2.19. The number of halogens is 1. The summed E-state index contributed by atoms with van der Waals surface area (Å²) in [5.74, 6) is 0. The fraction of sp³-hybridized carbons (Fsp3) is 0.278. The number of ether oxygens (including phenoxy) is 1. The van der Waals surface area contributed by atoms with Crippen LogP contribution in [0.2, 0.25) is 0 Å². The Hall–Kier alpha value is -2.04. The second kappa shape index (κ2) is 8.56. The van der Waals surface area contributed by atoms with E-state index in [4.69, 9.17) is 4.74 Å². The van der Waals surface area contributed by atoms with Gasteiger partial charge in [-0.25, -0.2) is 4.79 Å². The molecule has 0 unspecified atom stereocenters. The molecule has 1 heterocycles. The van der Waals surface area contributed by atoms with Gasteiger partial charge in [-0.05, 0) is 16.7 Å². The fourth-order valence-electron chi connectivity index (χ4n) is 2.51. The monoisotopic (exact) mass is 332 g/mol. The van der Waals surface area contributed by atoms with Crippen molar-refractivity contribution >= 4 is 18.5 Å². The summed E-state index contributed by atoms with van der Waals surface area (Å²) < 4.78 is 5.37. The molecular formula is C18H21ClN2O2. The topological polar surface area (TPSA) is 41.6 Å². The van der Waals surface area contributed by atoms with Gasteiger partial charge in [-0.1, -0.05) is 54.6 Å². The standard InChI is InChI=1S/C18H20N2O2.ClH/c21-18(20-12-10-19-11-13-20)22-14-15-6-8-17(9-7-15)16-4-2-1-3-5-16;/h1-9,19H,10-14H2;1H. The largest absolute Gasteiger partial charge is 0.445 e. The van der Waals surface area contributed by atoms with E-state index in [1.807, 2.05) is 30.3 Å². The molecule has 0 saturated carbocycles. The van der Waals surface area contributed by atoms with Crippen LogP contribution in [0.3, 0.4) is 0 Å². The predicted octanol–water partition coefficient (Wildman–Crippen LogP) is 3.32. The molecule has 1 fully saturated rings. The smallest absolute Gasteiger partial charge is 0.410 e. The summed E-state index contributed by atoms with van der Waals surface area (Å²) in [5.41, 5.74) is 3.35. The number of hydrogen-bond donors (Lipinski definition) is 1. The Morgan fingerprint density at radius 1 is 0.957 bits per heavy atom. The molecule has 0 aromatic heterocycles. The molecule has 0 aliphatic carbocycles. The lowest BCUT2D eigenvalue weighted by Crippen LogP contribution is -2.46. The molecule has 0 spiro atoms. The zero-order valence-electron chi connectivity index (χ0n) is 12.9. The van der Waals surface area contributed by atoms with Gasteiger partial charge in [0.25, 0.3) is 0 Å². The molecule has 23 heavy (non-hydrogen) atoms. The van der Waals surface area contributed by atoms with E-state index in [0.717, 1.165) is 24.2 Å². The maximum absolute atomic E-state index is 11.9. The zero-order valence-corrected chi connectivity index (χ0v) is 13.7. The van der Waals surface area contributed by atoms with Gasteiger partial charge in [0.2, 0.25) is 0 Å². The predicted molar refractivity (Wildman–Crippen MR) is 93.8 cm³/mol. The average molecular weight is 333 g/mol. The van der Waals surface area contributed by atoms with Gasteiger partial charge in [0.1, 0.15) is 6.61 Å². The summed E-state index contributed by atoms with van der Waals surface area (Å²) in [4.78, 5) is 13.7. The number of rotatable bonds is 3. The van der Waals surface area contributed by atoms with Crippen LogP contribution in [0, 0.1) is 0 Å². The molecule has 2 aromatic rings. The van der Waals surface area contributed by atoms with Crippen LogP contribution < -0.4 is 5.32 Å². The van der Waals surface area contributed by atoms with Crippen LogP contribution in [0.5, 0.6) is 0 Å². The van der Waals surface area contributed by atoms with Crippen LogP contribution in [0.15, 0.2) is 54.6 Å². The maximum atomic E-state index is 11.9. The molecule has 1 aliphatic rings. The number of carbonyl (C=O) groups is 1. The van der Waals surface area contributed by atoms with Crippen LogP contribution in [-0.2, 0) is 11.3 Å². The van der Waals surface area contributed by atoms with Crippen molar-refractivity contribution in [3.63, 3.8) is 0 Å². The van der Waals surface area contributed by atoms with E-state index in [9.17, 15) is 4.79 Å². The fourth-order valence-corrected chi connectivity index (χ4v) is 2.51. The SMILES string of the molecule is Cl.O=C(OCc1ccc(-c2ccccc2)cc1)N1CCNCC1. The summed E-state index contributed by atoms with van der Waals surface area (Å²) >= 11 is 0. The molecule has 1 N–H and O–H groups in total. The highest BCUT2D eigenvalue weighted by Gasteiger charge is 2.17. The van der Waals surface area contributed by atoms with Crippen LogP contribution in [0.1, 0.15) is 5.56 Å². The van der Waals surface area contributed by atoms with Crippen molar-refractivity contribution in [1.82, 2.24) is 10.2 Å². The first-order valence-corrected chi connectivity index (χ1v) is 7.60. The Labute approximate surface area is 142 Å². The minimum absolute atomic E-state index is 0. The van der Waals surface area contributed by atoms with Crippen molar-refractivity contribution in [2.75, 3.05) is 26.2 Å². The first-order chi connectivity index (χ1) is 10.8. The van der Waals surface area contributed by atoms with Gasteiger partial charge in [-0.15, -0.1) is 12.4 Å². The van der Waals surface area contributed by atoms with E-state index < -0.39 is 0 Å². The lowest BCUT2D eigenvalue weighted by atomic mass is 10.0. The van der Waals surface area contributed by atoms with E-state index in [2.05, 4.69) is 29.6 Å². The Balaban J connectivity index is 0.00000192. The minimum Gasteiger partial charge on any atom is -0.445 e. The minimum atomic E-state index is -0.228. The number of nitrogens with one attached hydrogen (secondary N) is 1. The van der Waals surface area contributed by atoms with Crippen molar-refractivity contribution in [2.24, 2.45) is 0 Å². The maximum Gasteiger partial charge on any atom is 0.410 e. The molecule has 2 aromatic carbocycles. The first kappa shape index (κ1) is 17.3. The van der Waals surface area contributed by atoms with Crippen molar-refractivity contribution in [3.8, 4) is 11.1 Å². The van der Waals surface area contributed by atoms with Crippen molar-refractivity contribution < 1.29 is 9.53 Å². The van der Waals surface area contributed by atoms with E-state index >= 15 is 0 Å². The molecular weight excluding hydrogens is 312 g/mol. The molecule has 122 valence electrons. The van der Waals surface area contributed by atoms with E-state index in [1.54, 1.807) is 4.90 Å². The summed E-state index contributed by atoms with van der Waals surface area (Å²) in [7, 11) is 0. The summed E-state index contributed by atoms with van der Waals surface area (Å²) in [6, 6.07) is 18.4. The number of nitrogens with zero attached hydrogens (tertiary/aromatic N) is 1. The molecule has 5 heteroatoms. The lowest BCUT2D eigenvalue weighted by Gasteiger charge is -2.26. The van der Waals surface area contributed by atoms with Gasteiger partial charge in [-0.2, -0.15) is 0 Å². The number of carbonyl (C=O) groups excluding carboxylic acids is 1. The lowest BCUT2D eigenvalue weighted by molar-refractivity contribution is 0.0918. The van der Waals surface area contributed by atoms with Gasteiger partial charge in [0.05, 0.1) is 0 Å². The molecule has 0 radical (unpaired) electrons. The van der Waals surface area contributed by atoms with Crippen LogP contribution in [0.4, 0.5) is 4.79 Å². The summed E-state index contributed by atoms with van der Waals surface area (Å²) in [6.07, 6.45) is -0.228. The average Bonchev–Trinajstić information content (AvgIpc) is 2.61. The molecule has 0 bridgehead atoms. The van der Waals surface area contributed by atoms with E-state index in [-0.39, 0.29) is 18.5 Å². The molecule has 1 saturated heterocycles. The quantitative estimate of drug-likeness (QED) is 0.937. The van der Waals surface area contributed by atoms with Gasteiger partial charge in [0, 0.05) is 26.2 Å². The van der Waals surface area contributed by atoms with Crippen LogP contribution >= 0.6 is 12.4 Å². The molecule has 3 rings (SSSR count). The van der Waals surface area contributed by atoms with Crippen molar-refractivity contribution in [3.05, 3.63) is 60.2 Å². The summed E-state index contributed by atoms with van der Waals surface area (Å²) in [5, 5.41) is 3.22. The Bertz CT molecular complexity index is 611. The number of piperazine rings is 1. The van der Waals surface area contributed by atoms with E-state index in [1.165, 1.54) is 5.56 Å². The molecule has 1 aliphatic heterocycles. The van der Waals surface area contributed by atoms with Gasteiger partial charge in [-0.3, -0.25) is 0 Å². The highest BCUT2D eigenvalue weighted by atomic mass is 35.5.